The Hall–Kier alpha value is -3.71. The molecule has 4 rings (SSSR count). The van der Waals surface area contributed by atoms with E-state index in [1.165, 1.54) is 11.3 Å². The quantitative estimate of drug-likeness (QED) is 0.501. The molecule has 7 heteroatoms. The van der Waals surface area contributed by atoms with Gasteiger partial charge in [-0.1, -0.05) is 48.5 Å². The van der Waals surface area contributed by atoms with Gasteiger partial charge < -0.3 is 15.5 Å². The number of carbonyl (C=O) groups excluding carboxylic acids is 3. The van der Waals surface area contributed by atoms with Crippen molar-refractivity contribution in [2.75, 3.05) is 6.54 Å². The van der Waals surface area contributed by atoms with E-state index >= 15 is 0 Å². The highest BCUT2D eigenvalue weighted by Crippen LogP contribution is 2.16. The molecule has 0 radical (unpaired) electrons. The number of nitrogens with one attached hydrogen (secondary N) is 2. The van der Waals surface area contributed by atoms with Gasteiger partial charge in [0.25, 0.3) is 11.8 Å². The highest BCUT2D eigenvalue weighted by atomic mass is 32.1. The van der Waals surface area contributed by atoms with Crippen LogP contribution in [0.15, 0.2) is 77.8 Å². The summed E-state index contributed by atoms with van der Waals surface area (Å²) < 4.78 is 0. The molecule has 33 heavy (non-hydrogen) atoms. The average molecular weight is 460 g/mol. The second-order valence-electron chi connectivity index (χ2n) is 7.81. The molecule has 1 fully saturated rings. The van der Waals surface area contributed by atoms with Crippen molar-refractivity contribution in [3.05, 3.63) is 99.4 Å². The van der Waals surface area contributed by atoms with Crippen LogP contribution in [0.4, 0.5) is 0 Å². The summed E-state index contributed by atoms with van der Waals surface area (Å²) in [6.45, 7) is 1.75. The number of benzene rings is 2. The molecule has 1 aliphatic rings. The molecule has 0 aliphatic carbocycles. The molecule has 1 saturated heterocycles. The molecule has 6 nitrogen and oxygen atoms in total. The molecule has 0 bridgehead atoms. The van der Waals surface area contributed by atoms with Gasteiger partial charge in [-0.3, -0.25) is 14.4 Å². The maximum absolute atomic E-state index is 12.9. The topological polar surface area (TPSA) is 78.5 Å². The largest absolute Gasteiger partial charge is 0.347 e. The highest BCUT2D eigenvalue weighted by Gasteiger charge is 2.20. The van der Waals surface area contributed by atoms with Gasteiger partial charge in [0, 0.05) is 36.5 Å². The molecule has 1 aliphatic heterocycles. The predicted octanol–water partition coefficient (Wildman–Crippen LogP) is 3.96. The van der Waals surface area contributed by atoms with Crippen molar-refractivity contribution < 1.29 is 14.4 Å². The first-order valence-electron chi connectivity index (χ1n) is 10.8. The van der Waals surface area contributed by atoms with Crippen LogP contribution < -0.4 is 10.6 Å². The van der Waals surface area contributed by atoms with Crippen LogP contribution in [0.1, 0.15) is 39.2 Å². The fraction of sp³-hybridized carbons (Fsp3) is 0.192. The summed E-state index contributed by atoms with van der Waals surface area (Å²) in [5.41, 5.74) is 2.67. The number of hydrogen-bond donors (Lipinski definition) is 2. The summed E-state index contributed by atoms with van der Waals surface area (Å²) in [6, 6.07) is 20.4. The Morgan fingerprint density at radius 1 is 0.970 bits per heavy atom. The van der Waals surface area contributed by atoms with Crippen LogP contribution in [0, 0.1) is 0 Å². The van der Waals surface area contributed by atoms with E-state index in [0.717, 1.165) is 29.0 Å². The van der Waals surface area contributed by atoms with Crippen molar-refractivity contribution in [2.45, 2.75) is 25.9 Å². The van der Waals surface area contributed by atoms with E-state index in [4.69, 9.17) is 0 Å². The van der Waals surface area contributed by atoms with E-state index in [1.54, 1.807) is 30.3 Å². The van der Waals surface area contributed by atoms with E-state index < -0.39 is 0 Å². The van der Waals surface area contributed by atoms with Gasteiger partial charge >= 0.3 is 0 Å². The fourth-order valence-corrected chi connectivity index (χ4v) is 4.25. The maximum Gasteiger partial charge on any atom is 0.268 e. The fourth-order valence-electron chi connectivity index (χ4n) is 3.59. The number of carbonyl (C=O) groups is 3. The Morgan fingerprint density at radius 3 is 2.39 bits per heavy atom. The van der Waals surface area contributed by atoms with E-state index in [-0.39, 0.29) is 23.4 Å². The van der Waals surface area contributed by atoms with Gasteiger partial charge in [-0.2, -0.15) is 0 Å². The monoisotopic (exact) mass is 459 g/mol. The number of amides is 3. The standard InChI is InChI=1S/C26H25N3O3S/c30-24-9-4-14-29(24)18-20-12-10-19(11-13-20)17-27-26(32)23(16-22-8-5-15-33-22)28-25(31)21-6-2-1-3-7-21/h1-3,5-8,10-13,15-16H,4,9,14,17-18H2,(H,27,32)(H,28,31)/b23-16-. The van der Waals surface area contributed by atoms with Gasteiger partial charge in [-0.25, -0.2) is 0 Å². The minimum Gasteiger partial charge on any atom is -0.347 e. The second kappa shape index (κ2) is 10.7. The zero-order chi connectivity index (χ0) is 23.0. The lowest BCUT2D eigenvalue weighted by atomic mass is 10.1. The normalized spacial score (nSPS) is 13.8. The molecule has 3 aromatic rings. The lowest BCUT2D eigenvalue weighted by Gasteiger charge is -2.16. The summed E-state index contributed by atoms with van der Waals surface area (Å²) in [5, 5.41) is 7.54. The van der Waals surface area contributed by atoms with E-state index in [2.05, 4.69) is 10.6 Å². The molecule has 0 unspecified atom stereocenters. The van der Waals surface area contributed by atoms with Gasteiger partial charge in [-0.15, -0.1) is 11.3 Å². The number of likely N-dealkylation sites (tertiary alicyclic amines) is 1. The zero-order valence-electron chi connectivity index (χ0n) is 18.1. The molecular formula is C26H25N3O3S. The van der Waals surface area contributed by atoms with Crippen LogP contribution in [0.5, 0.6) is 0 Å². The Kier molecular flexibility index (Phi) is 7.32. The van der Waals surface area contributed by atoms with Gasteiger partial charge in [0.1, 0.15) is 5.70 Å². The van der Waals surface area contributed by atoms with E-state index in [1.807, 2.05) is 52.7 Å². The van der Waals surface area contributed by atoms with Crippen molar-refractivity contribution in [1.82, 2.24) is 15.5 Å². The van der Waals surface area contributed by atoms with Crippen LogP contribution in [0.25, 0.3) is 6.08 Å². The highest BCUT2D eigenvalue weighted by molar-refractivity contribution is 7.10. The number of thiophene rings is 1. The number of nitrogens with zero attached hydrogens (tertiary/aromatic N) is 1. The third kappa shape index (κ3) is 6.17. The van der Waals surface area contributed by atoms with Crippen molar-refractivity contribution in [3.8, 4) is 0 Å². The van der Waals surface area contributed by atoms with E-state index in [0.29, 0.717) is 25.1 Å². The van der Waals surface area contributed by atoms with E-state index in [9.17, 15) is 14.4 Å². The summed E-state index contributed by atoms with van der Waals surface area (Å²) in [7, 11) is 0. The SMILES string of the molecule is O=C(NCc1ccc(CN2CCCC2=O)cc1)/C(=C/c1cccs1)NC(=O)c1ccccc1. The predicted molar refractivity (Wildman–Crippen MR) is 129 cm³/mol. The molecular weight excluding hydrogens is 434 g/mol. The first-order valence-corrected chi connectivity index (χ1v) is 11.7. The minimum atomic E-state index is -0.362. The van der Waals surface area contributed by atoms with Gasteiger partial charge in [0.15, 0.2) is 0 Å². The van der Waals surface area contributed by atoms with Gasteiger partial charge in [0.05, 0.1) is 0 Å². The Morgan fingerprint density at radius 2 is 1.73 bits per heavy atom. The summed E-state index contributed by atoms with van der Waals surface area (Å²) in [5.74, 6) is -0.497. The third-order valence-electron chi connectivity index (χ3n) is 5.38. The van der Waals surface area contributed by atoms with Crippen molar-refractivity contribution >= 4 is 35.1 Å². The van der Waals surface area contributed by atoms with Crippen LogP contribution in [-0.2, 0) is 22.7 Å². The Bertz CT molecular complexity index is 1140. The summed E-state index contributed by atoms with van der Waals surface area (Å²) in [6.07, 6.45) is 3.23. The van der Waals surface area contributed by atoms with Crippen molar-refractivity contribution in [3.63, 3.8) is 0 Å². The van der Waals surface area contributed by atoms with Crippen LogP contribution in [0.2, 0.25) is 0 Å². The maximum atomic E-state index is 12.9. The Balaban J connectivity index is 1.39. The number of rotatable bonds is 8. The first kappa shape index (κ1) is 22.5. The van der Waals surface area contributed by atoms with Crippen LogP contribution in [-0.4, -0.2) is 29.2 Å². The molecule has 3 amide bonds. The molecule has 2 N–H and O–H groups in total. The molecule has 0 atom stereocenters. The van der Waals surface area contributed by atoms with Crippen molar-refractivity contribution in [1.29, 1.82) is 0 Å². The summed E-state index contributed by atoms with van der Waals surface area (Å²) >= 11 is 1.48. The zero-order valence-corrected chi connectivity index (χ0v) is 18.9. The molecule has 0 saturated carbocycles. The van der Waals surface area contributed by atoms with Crippen LogP contribution in [0.3, 0.4) is 0 Å². The second-order valence-corrected chi connectivity index (χ2v) is 8.79. The smallest absolute Gasteiger partial charge is 0.268 e. The molecule has 2 aromatic carbocycles. The lowest BCUT2D eigenvalue weighted by molar-refractivity contribution is -0.128. The molecule has 2 heterocycles. The van der Waals surface area contributed by atoms with Gasteiger partial charge in [0.2, 0.25) is 5.91 Å². The van der Waals surface area contributed by atoms with Gasteiger partial charge in [-0.05, 0) is 47.2 Å². The molecule has 0 spiro atoms. The lowest BCUT2D eigenvalue weighted by Crippen LogP contribution is -2.34. The number of hydrogen-bond acceptors (Lipinski definition) is 4. The minimum absolute atomic E-state index is 0.190. The molecule has 168 valence electrons. The third-order valence-corrected chi connectivity index (χ3v) is 6.20. The Labute approximate surface area is 196 Å². The summed E-state index contributed by atoms with van der Waals surface area (Å²) in [4.78, 5) is 40.1. The van der Waals surface area contributed by atoms with Crippen molar-refractivity contribution in [2.24, 2.45) is 0 Å². The molecule has 1 aromatic heterocycles. The average Bonchev–Trinajstić information content (AvgIpc) is 3.50. The first-order chi connectivity index (χ1) is 16.1. The van der Waals surface area contributed by atoms with Crippen LogP contribution >= 0.6 is 11.3 Å².